The second-order valence-corrected chi connectivity index (χ2v) is 7.60. The van der Waals surface area contributed by atoms with Gasteiger partial charge in [-0.2, -0.15) is 0 Å². The summed E-state index contributed by atoms with van der Waals surface area (Å²) in [5.74, 6) is 0. The predicted molar refractivity (Wildman–Crippen MR) is 80.7 cm³/mol. The Morgan fingerprint density at radius 2 is 1.58 bits per heavy atom. The van der Waals surface area contributed by atoms with Gasteiger partial charge in [0.1, 0.15) is 0 Å². The Balaban J connectivity index is 1.99. The molecule has 1 saturated heterocycles. The molecule has 2 rings (SSSR count). The summed E-state index contributed by atoms with van der Waals surface area (Å²) < 4.78 is 11.6. The van der Waals surface area contributed by atoms with Crippen LogP contribution in [-0.2, 0) is 15.7 Å². The summed E-state index contributed by atoms with van der Waals surface area (Å²) >= 11 is 0. The maximum atomic E-state index is 5.80. The molecule has 1 fully saturated rings. The minimum absolute atomic E-state index is 0.128. The van der Waals surface area contributed by atoms with Gasteiger partial charge in [0, 0.05) is 18.6 Å². The van der Waals surface area contributed by atoms with Crippen LogP contribution in [0.2, 0.25) is 0 Å². The topological polar surface area (TPSA) is 18.5 Å². The molecule has 2 nitrogen and oxygen atoms in total. The molecule has 0 bridgehead atoms. The predicted octanol–water partition coefficient (Wildman–Crippen LogP) is 3.04. The molecule has 0 atom stereocenters. The molecule has 0 amide bonds. The standard InChI is InChI=1S/C16H25BO2/c1-15(2,3)10-13-6-8-14(9-7-13)17-18-11-16(4,5)12-19-17/h6-9H,10-12H2,1-5H3. The van der Waals surface area contributed by atoms with Crippen molar-refractivity contribution in [3.63, 3.8) is 0 Å². The fourth-order valence-corrected chi connectivity index (χ4v) is 2.29. The number of hydrogen-bond acceptors (Lipinski definition) is 2. The van der Waals surface area contributed by atoms with Gasteiger partial charge in [-0.3, -0.25) is 0 Å². The maximum Gasteiger partial charge on any atom is 0.493 e. The van der Waals surface area contributed by atoms with Gasteiger partial charge in [-0.05, 0) is 22.9 Å². The molecule has 3 heteroatoms. The van der Waals surface area contributed by atoms with Crippen molar-refractivity contribution in [2.45, 2.75) is 41.0 Å². The first-order valence-corrected chi connectivity index (χ1v) is 7.07. The lowest BCUT2D eigenvalue weighted by atomic mass is 9.75. The molecule has 0 N–H and O–H groups in total. The first-order chi connectivity index (χ1) is 8.75. The molecule has 0 saturated carbocycles. The molecule has 104 valence electrons. The van der Waals surface area contributed by atoms with E-state index in [0.717, 1.165) is 25.1 Å². The molecular formula is C16H25BO2. The van der Waals surface area contributed by atoms with Crippen molar-refractivity contribution in [2.75, 3.05) is 13.2 Å². The van der Waals surface area contributed by atoms with Crippen LogP contribution in [0.15, 0.2) is 24.3 Å². The average molecular weight is 260 g/mol. The minimum atomic E-state index is -0.197. The van der Waals surface area contributed by atoms with Crippen molar-refractivity contribution >= 4 is 12.6 Å². The van der Waals surface area contributed by atoms with Crippen LogP contribution in [-0.4, -0.2) is 20.3 Å². The fraction of sp³-hybridized carbons (Fsp3) is 0.625. The Morgan fingerprint density at radius 1 is 1.05 bits per heavy atom. The van der Waals surface area contributed by atoms with E-state index in [0.29, 0.717) is 5.41 Å². The van der Waals surface area contributed by atoms with Crippen LogP contribution in [0.5, 0.6) is 0 Å². The molecule has 0 radical (unpaired) electrons. The van der Waals surface area contributed by atoms with E-state index in [2.05, 4.69) is 58.9 Å². The second kappa shape index (κ2) is 5.30. The van der Waals surface area contributed by atoms with E-state index in [9.17, 15) is 0 Å². The van der Waals surface area contributed by atoms with Crippen molar-refractivity contribution in [2.24, 2.45) is 10.8 Å². The lowest BCUT2D eigenvalue weighted by molar-refractivity contribution is 0.0343. The highest BCUT2D eigenvalue weighted by atomic mass is 16.6. The quantitative estimate of drug-likeness (QED) is 0.761. The third-order valence-corrected chi connectivity index (χ3v) is 3.24. The Bertz CT molecular complexity index is 407. The average Bonchev–Trinajstić information content (AvgIpc) is 2.28. The molecule has 1 aromatic carbocycles. The molecule has 1 heterocycles. The Labute approximate surface area is 117 Å². The monoisotopic (exact) mass is 260 g/mol. The molecule has 1 aromatic rings. The van der Waals surface area contributed by atoms with Gasteiger partial charge in [-0.15, -0.1) is 0 Å². The van der Waals surface area contributed by atoms with Gasteiger partial charge in [0.05, 0.1) is 0 Å². The number of hydrogen-bond donors (Lipinski definition) is 0. The summed E-state index contributed by atoms with van der Waals surface area (Å²) in [6, 6.07) is 8.63. The highest BCUT2D eigenvalue weighted by Crippen LogP contribution is 2.22. The molecular weight excluding hydrogens is 235 g/mol. The zero-order valence-electron chi connectivity index (χ0n) is 12.8. The highest BCUT2D eigenvalue weighted by molar-refractivity contribution is 6.61. The molecule has 0 unspecified atom stereocenters. The van der Waals surface area contributed by atoms with Gasteiger partial charge >= 0.3 is 7.12 Å². The van der Waals surface area contributed by atoms with Gasteiger partial charge in [0.2, 0.25) is 0 Å². The van der Waals surface area contributed by atoms with Crippen molar-refractivity contribution in [3.05, 3.63) is 29.8 Å². The van der Waals surface area contributed by atoms with E-state index in [4.69, 9.17) is 9.31 Å². The lowest BCUT2D eigenvalue weighted by Crippen LogP contribution is -2.47. The van der Waals surface area contributed by atoms with Crippen LogP contribution in [0.3, 0.4) is 0 Å². The molecule has 1 aliphatic heterocycles. The zero-order chi connectivity index (χ0) is 14.1. The molecule has 1 aliphatic rings. The summed E-state index contributed by atoms with van der Waals surface area (Å²) in [5, 5.41) is 0. The zero-order valence-corrected chi connectivity index (χ0v) is 12.8. The summed E-state index contributed by atoms with van der Waals surface area (Å²) in [5.41, 5.74) is 2.94. The van der Waals surface area contributed by atoms with E-state index in [-0.39, 0.29) is 12.5 Å². The van der Waals surface area contributed by atoms with E-state index in [1.165, 1.54) is 5.56 Å². The fourth-order valence-electron chi connectivity index (χ4n) is 2.29. The number of rotatable bonds is 2. The lowest BCUT2D eigenvalue weighted by Gasteiger charge is -2.33. The first-order valence-electron chi connectivity index (χ1n) is 7.07. The summed E-state index contributed by atoms with van der Waals surface area (Å²) in [6.45, 7) is 12.6. The second-order valence-electron chi connectivity index (χ2n) is 7.60. The summed E-state index contributed by atoms with van der Waals surface area (Å²) in [6.07, 6.45) is 1.09. The van der Waals surface area contributed by atoms with Crippen LogP contribution >= 0.6 is 0 Å². The van der Waals surface area contributed by atoms with E-state index in [1.54, 1.807) is 0 Å². The van der Waals surface area contributed by atoms with Crippen LogP contribution in [0.25, 0.3) is 0 Å². The maximum absolute atomic E-state index is 5.80. The third kappa shape index (κ3) is 4.36. The molecule has 0 aliphatic carbocycles. The van der Waals surface area contributed by atoms with Crippen LogP contribution < -0.4 is 5.46 Å². The molecule has 0 aromatic heterocycles. The van der Waals surface area contributed by atoms with Crippen molar-refractivity contribution < 1.29 is 9.31 Å². The normalized spacial score (nSPS) is 19.5. The van der Waals surface area contributed by atoms with Crippen LogP contribution in [0, 0.1) is 10.8 Å². The summed E-state index contributed by atoms with van der Waals surface area (Å²) in [7, 11) is -0.197. The van der Waals surface area contributed by atoms with Crippen LogP contribution in [0.4, 0.5) is 0 Å². The third-order valence-electron chi connectivity index (χ3n) is 3.24. The van der Waals surface area contributed by atoms with E-state index < -0.39 is 0 Å². The smallest absolute Gasteiger partial charge is 0.407 e. The van der Waals surface area contributed by atoms with E-state index in [1.807, 2.05) is 0 Å². The molecule has 19 heavy (non-hydrogen) atoms. The SMILES string of the molecule is CC(C)(C)Cc1ccc(B2OCC(C)(C)CO2)cc1. The Kier molecular flexibility index (Phi) is 4.07. The van der Waals surface area contributed by atoms with Crippen molar-refractivity contribution in [1.29, 1.82) is 0 Å². The van der Waals surface area contributed by atoms with Crippen LogP contribution in [0.1, 0.15) is 40.2 Å². The Hall–Kier alpha value is -0.795. The highest BCUT2D eigenvalue weighted by Gasteiger charge is 2.33. The van der Waals surface area contributed by atoms with E-state index >= 15 is 0 Å². The molecule has 0 spiro atoms. The van der Waals surface area contributed by atoms with Crippen molar-refractivity contribution in [3.8, 4) is 0 Å². The summed E-state index contributed by atoms with van der Waals surface area (Å²) in [4.78, 5) is 0. The van der Waals surface area contributed by atoms with Gasteiger partial charge in [0.25, 0.3) is 0 Å². The first kappa shape index (κ1) is 14.6. The largest absolute Gasteiger partial charge is 0.493 e. The van der Waals surface area contributed by atoms with Gasteiger partial charge in [0.15, 0.2) is 0 Å². The van der Waals surface area contributed by atoms with Gasteiger partial charge in [-0.25, -0.2) is 0 Å². The Morgan fingerprint density at radius 3 is 2.05 bits per heavy atom. The minimum Gasteiger partial charge on any atom is -0.407 e. The van der Waals surface area contributed by atoms with Gasteiger partial charge < -0.3 is 9.31 Å². The van der Waals surface area contributed by atoms with Gasteiger partial charge in [-0.1, -0.05) is 58.9 Å². The number of benzene rings is 1. The van der Waals surface area contributed by atoms with Crippen molar-refractivity contribution in [1.82, 2.24) is 0 Å².